The van der Waals surface area contributed by atoms with Crippen molar-refractivity contribution in [3.8, 4) is 11.5 Å². The topological polar surface area (TPSA) is 79.9 Å². The molecule has 1 unspecified atom stereocenters. The third-order valence-corrected chi connectivity index (χ3v) is 5.48. The molecule has 0 fully saturated rings. The van der Waals surface area contributed by atoms with Crippen LogP contribution in [0.5, 0.6) is 11.5 Å². The summed E-state index contributed by atoms with van der Waals surface area (Å²) in [6.45, 7) is 1.89. The van der Waals surface area contributed by atoms with Crippen molar-refractivity contribution < 1.29 is 19.1 Å². The third-order valence-electron chi connectivity index (χ3n) is 5.25. The molecule has 0 bridgehead atoms. The van der Waals surface area contributed by atoms with Crippen molar-refractivity contribution in [2.24, 2.45) is 0 Å². The number of carbonyl (C=O) groups is 2. The van der Waals surface area contributed by atoms with Gasteiger partial charge in [0.05, 0.1) is 32.1 Å². The molecule has 3 aromatic carbocycles. The summed E-state index contributed by atoms with van der Waals surface area (Å²) in [6, 6.07) is 19.1. The molecule has 0 spiro atoms. The first-order valence-electron chi connectivity index (χ1n) is 10.7. The van der Waals surface area contributed by atoms with Gasteiger partial charge in [-0.2, -0.15) is 0 Å². The second-order valence-corrected chi connectivity index (χ2v) is 8.25. The number of aryl methyl sites for hydroxylation is 1. The van der Waals surface area contributed by atoms with Crippen LogP contribution in [-0.2, 0) is 9.59 Å². The Hall–Kier alpha value is -3.55. The highest BCUT2D eigenvalue weighted by molar-refractivity contribution is 6.31. The standard InChI is InChI=1S/C26H28ClN3O4/c1-17-10-12-22(33-3)20(14-17)29-26(32)25(18-8-6-5-7-9-18)30(2)16-24(31)28-21-15-19(27)11-13-23(21)34-4/h5-15,25H,16H2,1-4H3,(H,28,31)(H,29,32). The van der Waals surface area contributed by atoms with E-state index in [0.717, 1.165) is 11.1 Å². The van der Waals surface area contributed by atoms with Crippen LogP contribution in [0, 0.1) is 6.92 Å². The van der Waals surface area contributed by atoms with Crippen molar-refractivity contribution in [2.45, 2.75) is 13.0 Å². The lowest BCUT2D eigenvalue weighted by molar-refractivity contribution is -0.123. The molecule has 0 aromatic heterocycles. The van der Waals surface area contributed by atoms with Crippen LogP contribution >= 0.6 is 11.6 Å². The largest absolute Gasteiger partial charge is 0.495 e. The number of benzene rings is 3. The average molecular weight is 482 g/mol. The molecule has 2 amide bonds. The van der Waals surface area contributed by atoms with E-state index >= 15 is 0 Å². The van der Waals surface area contributed by atoms with Crippen LogP contribution in [0.15, 0.2) is 66.7 Å². The normalized spacial score (nSPS) is 11.6. The van der Waals surface area contributed by atoms with Gasteiger partial charge in [-0.1, -0.05) is 48.0 Å². The summed E-state index contributed by atoms with van der Waals surface area (Å²) < 4.78 is 10.7. The zero-order chi connectivity index (χ0) is 24.7. The summed E-state index contributed by atoms with van der Waals surface area (Å²) in [4.78, 5) is 28.0. The SMILES string of the molecule is COc1ccc(Cl)cc1NC(=O)CN(C)C(C(=O)Nc1cc(C)ccc1OC)c1ccccc1. The molecule has 3 aromatic rings. The van der Waals surface area contributed by atoms with E-state index in [1.807, 2.05) is 49.4 Å². The van der Waals surface area contributed by atoms with Crippen molar-refractivity contribution in [1.29, 1.82) is 0 Å². The van der Waals surface area contributed by atoms with Gasteiger partial charge in [-0.3, -0.25) is 14.5 Å². The van der Waals surface area contributed by atoms with Crippen molar-refractivity contribution in [2.75, 3.05) is 38.4 Å². The van der Waals surface area contributed by atoms with Crippen molar-refractivity contribution in [3.05, 3.63) is 82.9 Å². The Morgan fingerprint density at radius 2 is 1.53 bits per heavy atom. The van der Waals surface area contributed by atoms with Gasteiger partial charge in [-0.05, 0) is 55.4 Å². The van der Waals surface area contributed by atoms with Gasteiger partial charge in [0.25, 0.3) is 0 Å². The number of nitrogens with one attached hydrogen (secondary N) is 2. The summed E-state index contributed by atoms with van der Waals surface area (Å²) in [5, 5.41) is 6.24. The number of ether oxygens (including phenoxy) is 2. The van der Waals surface area contributed by atoms with Gasteiger partial charge in [-0.25, -0.2) is 0 Å². The van der Waals surface area contributed by atoms with Crippen LogP contribution in [0.1, 0.15) is 17.2 Å². The number of likely N-dealkylation sites (N-methyl/N-ethyl adjacent to an activating group) is 1. The van der Waals surface area contributed by atoms with Crippen LogP contribution in [0.4, 0.5) is 11.4 Å². The first kappa shape index (κ1) is 25.1. The van der Waals surface area contributed by atoms with Crippen LogP contribution in [0.3, 0.4) is 0 Å². The second kappa shape index (κ2) is 11.5. The Kier molecular flexibility index (Phi) is 8.51. The number of carbonyl (C=O) groups excluding carboxylic acids is 2. The van der Waals surface area contributed by atoms with Crippen molar-refractivity contribution >= 4 is 34.8 Å². The predicted molar refractivity (Wildman–Crippen MR) is 135 cm³/mol. The Morgan fingerprint density at radius 3 is 2.18 bits per heavy atom. The maximum Gasteiger partial charge on any atom is 0.246 e. The quantitative estimate of drug-likeness (QED) is 0.453. The minimum absolute atomic E-state index is 0.0480. The van der Waals surface area contributed by atoms with Gasteiger partial charge < -0.3 is 20.1 Å². The molecule has 0 aliphatic heterocycles. The molecule has 7 nitrogen and oxygen atoms in total. The molecular formula is C26H28ClN3O4. The van der Waals surface area contributed by atoms with Gasteiger partial charge in [0.15, 0.2) is 0 Å². The molecule has 0 aliphatic rings. The molecule has 34 heavy (non-hydrogen) atoms. The fourth-order valence-corrected chi connectivity index (χ4v) is 3.82. The van der Waals surface area contributed by atoms with E-state index in [4.69, 9.17) is 21.1 Å². The number of hydrogen-bond donors (Lipinski definition) is 2. The van der Waals surface area contributed by atoms with E-state index in [9.17, 15) is 9.59 Å². The molecule has 0 saturated carbocycles. The van der Waals surface area contributed by atoms with E-state index in [2.05, 4.69) is 10.6 Å². The fourth-order valence-electron chi connectivity index (χ4n) is 3.65. The van der Waals surface area contributed by atoms with Crippen molar-refractivity contribution in [3.63, 3.8) is 0 Å². The summed E-state index contributed by atoms with van der Waals surface area (Å²) in [5.74, 6) is 0.444. The molecule has 2 N–H and O–H groups in total. The maximum absolute atomic E-state index is 13.4. The lowest BCUT2D eigenvalue weighted by Crippen LogP contribution is -2.39. The number of nitrogens with zero attached hydrogens (tertiary/aromatic N) is 1. The van der Waals surface area contributed by atoms with Gasteiger partial charge in [0.2, 0.25) is 11.8 Å². The molecule has 178 valence electrons. The summed E-state index contributed by atoms with van der Waals surface area (Å²) in [5.41, 5.74) is 2.76. The number of methoxy groups -OCH3 is 2. The number of anilines is 2. The molecule has 0 radical (unpaired) electrons. The minimum Gasteiger partial charge on any atom is -0.495 e. The van der Waals surface area contributed by atoms with Crippen LogP contribution in [-0.4, -0.2) is 44.5 Å². The minimum atomic E-state index is -0.724. The predicted octanol–water partition coefficient (Wildman–Crippen LogP) is 4.92. The smallest absolute Gasteiger partial charge is 0.246 e. The Bertz CT molecular complexity index is 1150. The maximum atomic E-state index is 13.4. The molecular weight excluding hydrogens is 454 g/mol. The third kappa shape index (κ3) is 6.27. The lowest BCUT2D eigenvalue weighted by atomic mass is 10.0. The molecule has 0 aliphatic carbocycles. The monoisotopic (exact) mass is 481 g/mol. The fraction of sp³-hybridized carbons (Fsp3) is 0.231. The number of hydrogen-bond acceptors (Lipinski definition) is 5. The van der Waals surface area contributed by atoms with Crippen molar-refractivity contribution in [1.82, 2.24) is 4.90 Å². The van der Waals surface area contributed by atoms with Gasteiger partial charge in [-0.15, -0.1) is 0 Å². The first-order valence-corrected chi connectivity index (χ1v) is 11.0. The lowest BCUT2D eigenvalue weighted by Gasteiger charge is -2.27. The van der Waals surface area contributed by atoms with Crippen LogP contribution in [0.25, 0.3) is 0 Å². The second-order valence-electron chi connectivity index (χ2n) is 7.81. The molecule has 1 atom stereocenters. The Morgan fingerprint density at radius 1 is 0.912 bits per heavy atom. The number of amides is 2. The highest BCUT2D eigenvalue weighted by Crippen LogP contribution is 2.29. The highest BCUT2D eigenvalue weighted by Gasteiger charge is 2.27. The van der Waals surface area contributed by atoms with E-state index in [1.54, 1.807) is 43.3 Å². The van der Waals surface area contributed by atoms with E-state index < -0.39 is 6.04 Å². The Labute approximate surface area is 204 Å². The van der Waals surface area contributed by atoms with E-state index in [0.29, 0.717) is 27.9 Å². The molecule has 0 saturated heterocycles. The Balaban J connectivity index is 1.82. The average Bonchev–Trinajstić information content (AvgIpc) is 2.80. The van der Waals surface area contributed by atoms with Crippen LogP contribution < -0.4 is 20.1 Å². The highest BCUT2D eigenvalue weighted by atomic mass is 35.5. The van der Waals surface area contributed by atoms with Gasteiger partial charge in [0, 0.05) is 5.02 Å². The number of halogens is 1. The summed E-state index contributed by atoms with van der Waals surface area (Å²) in [7, 11) is 4.79. The molecule has 8 heteroatoms. The van der Waals surface area contributed by atoms with Gasteiger partial charge in [0.1, 0.15) is 17.5 Å². The van der Waals surface area contributed by atoms with Gasteiger partial charge >= 0.3 is 0 Å². The molecule has 3 rings (SSSR count). The van der Waals surface area contributed by atoms with E-state index in [1.165, 1.54) is 7.11 Å². The zero-order valence-corrected chi connectivity index (χ0v) is 20.3. The first-order chi connectivity index (χ1) is 16.3. The van der Waals surface area contributed by atoms with Crippen LogP contribution in [0.2, 0.25) is 5.02 Å². The summed E-state index contributed by atoms with van der Waals surface area (Å²) in [6.07, 6.45) is 0. The number of rotatable bonds is 9. The van der Waals surface area contributed by atoms with E-state index in [-0.39, 0.29) is 18.4 Å². The summed E-state index contributed by atoms with van der Waals surface area (Å²) >= 11 is 6.07. The zero-order valence-electron chi connectivity index (χ0n) is 19.6. The molecule has 0 heterocycles.